The fraction of sp³-hybridized carbons (Fsp3) is 0.391. The number of hydrogen-bond donors (Lipinski definition) is 1. The van der Waals surface area contributed by atoms with Crippen molar-refractivity contribution < 1.29 is 23.8 Å². The summed E-state index contributed by atoms with van der Waals surface area (Å²) < 4.78 is 17.4. The van der Waals surface area contributed by atoms with Gasteiger partial charge in [0.15, 0.2) is 11.5 Å². The lowest BCUT2D eigenvalue weighted by molar-refractivity contribution is -0.148. The van der Waals surface area contributed by atoms with Crippen molar-refractivity contribution in [2.75, 3.05) is 46.1 Å². The maximum atomic E-state index is 13.2. The van der Waals surface area contributed by atoms with Crippen LogP contribution in [0.5, 0.6) is 11.5 Å². The third kappa shape index (κ3) is 4.35. The highest BCUT2D eigenvalue weighted by atomic mass is 16.7. The van der Waals surface area contributed by atoms with Crippen molar-refractivity contribution in [1.29, 1.82) is 0 Å². The fourth-order valence-electron chi connectivity index (χ4n) is 4.23. The number of amides is 2. The average molecular weight is 423 g/mol. The van der Waals surface area contributed by atoms with E-state index in [1.807, 2.05) is 58.3 Å². The van der Waals surface area contributed by atoms with Gasteiger partial charge in [0, 0.05) is 13.1 Å². The van der Waals surface area contributed by atoms with Gasteiger partial charge < -0.3 is 24.4 Å². The second-order valence-electron chi connectivity index (χ2n) is 8.00. The molecule has 2 saturated heterocycles. The zero-order valence-electron chi connectivity index (χ0n) is 17.2. The van der Waals surface area contributed by atoms with E-state index in [2.05, 4.69) is 5.32 Å². The molecule has 2 amide bonds. The first-order chi connectivity index (χ1) is 15.2. The first-order valence-electron chi connectivity index (χ1n) is 10.5. The summed E-state index contributed by atoms with van der Waals surface area (Å²) in [6.45, 7) is 2.86. The van der Waals surface area contributed by atoms with Crippen LogP contribution in [0.2, 0.25) is 0 Å². The van der Waals surface area contributed by atoms with Crippen molar-refractivity contribution in [3.05, 3.63) is 59.7 Å². The minimum atomic E-state index is -0.290. The number of benzene rings is 2. The maximum absolute atomic E-state index is 13.2. The molecule has 8 nitrogen and oxygen atoms in total. The normalized spacial score (nSPS) is 23.5. The highest BCUT2D eigenvalue weighted by molar-refractivity contribution is 5.82. The Bertz CT molecular complexity index is 967. The van der Waals surface area contributed by atoms with E-state index in [9.17, 15) is 9.59 Å². The topological polar surface area (TPSA) is 80.3 Å². The largest absolute Gasteiger partial charge is 0.454 e. The van der Waals surface area contributed by atoms with Crippen LogP contribution in [0.3, 0.4) is 0 Å². The number of fused-ring (bicyclic) bond motifs is 1. The molecule has 0 spiro atoms. The van der Waals surface area contributed by atoms with Crippen molar-refractivity contribution >= 4 is 11.8 Å². The van der Waals surface area contributed by atoms with E-state index >= 15 is 0 Å². The smallest absolute Gasteiger partial charge is 0.236 e. The predicted octanol–water partition coefficient (Wildman–Crippen LogP) is 1.49. The van der Waals surface area contributed by atoms with Crippen LogP contribution in [0.1, 0.15) is 23.3 Å². The minimum Gasteiger partial charge on any atom is -0.454 e. The van der Waals surface area contributed by atoms with E-state index in [0.717, 1.165) is 16.9 Å². The first kappa shape index (κ1) is 19.8. The lowest BCUT2D eigenvalue weighted by Gasteiger charge is -2.39. The summed E-state index contributed by atoms with van der Waals surface area (Å²) in [5.74, 6) is 1.38. The van der Waals surface area contributed by atoms with Crippen molar-refractivity contribution in [2.45, 2.75) is 12.2 Å². The lowest BCUT2D eigenvalue weighted by Crippen LogP contribution is -2.53. The Morgan fingerprint density at radius 1 is 1.00 bits per heavy atom. The SMILES string of the molecule is O=C1CN(CC(=O)N2C[C@@H](c3ccccc3)O[C@@H](c3ccc4c(c3)OCO4)C2)CCN1. The number of carbonyl (C=O) groups is 2. The van der Waals surface area contributed by atoms with Crippen molar-refractivity contribution in [3.63, 3.8) is 0 Å². The molecule has 3 heterocycles. The first-order valence-corrected chi connectivity index (χ1v) is 10.5. The molecule has 2 aromatic carbocycles. The van der Waals surface area contributed by atoms with Gasteiger partial charge in [0.1, 0.15) is 12.2 Å². The number of rotatable bonds is 4. The minimum absolute atomic E-state index is 0.00433. The average Bonchev–Trinajstić information content (AvgIpc) is 3.27. The Morgan fingerprint density at radius 2 is 1.77 bits per heavy atom. The van der Waals surface area contributed by atoms with Crippen LogP contribution in [-0.4, -0.2) is 67.7 Å². The van der Waals surface area contributed by atoms with E-state index < -0.39 is 0 Å². The quantitative estimate of drug-likeness (QED) is 0.803. The molecule has 8 heteroatoms. The van der Waals surface area contributed by atoms with Crippen molar-refractivity contribution in [3.8, 4) is 11.5 Å². The number of piperazine rings is 1. The highest BCUT2D eigenvalue weighted by Gasteiger charge is 2.34. The summed E-state index contributed by atoms with van der Waals surface area (Å²) in [4.78, 5) is 28.6. The van der Waals surface area contributed by atoms with Crippen LogP contribution in [0.4, 0.5) is 0 Å². The standard InChI is InChI=1S/C23H25N3O5/c27-22-13-25(9-8-24-22)14-23(28)26-11-20(16-4-2-1-3-5-16)31-21(12-26)17-6-7-18-19(10-17)30-15-29-18/h1-7,10,20-21H,8-9,11-15H2,(H,24,27)/t20-,21+/m0/s1. The third-order valence-corrected chi connectivity index (χ3v) is 5.87. The zero-order chi connectivity index (χ0) is 21.2. The molecule has 0 saturated carbocycles. The molecule has 5 rings (SSSR count). The van der Waals surface area contributed by atoms with Gasteiger partial charge in [-0.3, -0.25) is 14.5 Å². The van der Waals surface area contributed by atoms with Crippen LogP contribution in [0.15, 0.2) is 48.5 Å². The summed E-state index contributed by atoms with van der Waals surface area (Å²) in [5.41, 5.74) is 1.98. The molecule has 2 atom stereocenters. The Labute approximate surface area is 180 Å². The summed E-state index contributed by atoms with van der Waals surface area (Å²) in [6, 6.07) is 15.7. The van der Waals surface area contributed by atoms with Crippen LogP contribution in [-0.2, 0) is 14.3 Å². The Morgan fingerprint density at radius 3 is 2.58 bits per heavy atom. The van der Waals surface area contributed by atoms with Crippen LogP contribution in [0, 0.1) is 0 Å². The van der Waals surface area contributed by atoms with Crippen molar-refractivity contribution in [1.82, 2.24) is 15.1 Å². The number of carbonyl (C=O) groups excluding carboxylic acids is 2. The van der Waals surface area contributed by atoms with Crippen molar-refractivity contribution in [2.24, 2.45) is 0 Å². The summed E-state index contributed by atoms with van der Waals surface area (Å²) in [5, 5.41) is 2.79. The molecule has 0 radical (unpaired) electrons. The van der Waals surface area contributed by atoms with E-state index in [4.69, 9.17) is 14.2 Å². The summed E-state index contributed by atoms with van der Waals surface area (Å²) >= 11 is 0. The van der Waals surface area contributed by atoms with Gasteiger partial charge in [-0.25, -0.2) is 0 Å². The number of ether oxygens (including phenoxy) is 3. The molecule has 2 fully saturated rings. The highest BCUT2D eigenvalue weighted by Crippen LogP contribution is 2.38. The molecular weight excluding hydrogens is 398 g/mol. The Balaban J connectivity index is 1.37. The second-order valence-corrected chi connectivity index (χ2v) is 8.00. The monoisotopic (exact) mass is 423 g/mol. The van der Waals surface area contributed by atoms with Gasteiger partial charge in [0.2, 0.25) is 18.6 Å². The zero-order valence-corrected chi connectivity index (χ0v) is 17.2. The Hall–Kier alpha value is -3.10. The molecule has 3 aliphatic rings. The molecule has 3 aliphatic heterocycles. The fourth-order valence-corrected chi connectivity index (χ4v) is 4.23. The maximum Gasteiger partial charge on any atom is 0.236 e. The molecule has 0 unspecified atom stereocenters. The van der Waals surface area contributed by atoms with E-state index in [1.165, 1.54) is 0 Å². The third-order valence-electron chi connectivity index (χ3n) is 5.87. The predicted molar refractivity (Wildman–Crippen MR) is 112 cm³/mol. The van der Waals surface area contributed by atoms with E-state index in [1.54, 1.807) is 0 Å². The number of morpholine rings is 1. The van der Waals surface area contributed by atoms with E-state index in [-0.39, 0.29) is 43.9 Å². The summed E-state index contributed by atoms with van der Waals surface area (Å²) in [6.07, 6.45) is -0.527. The molecule has 2 aromatic rings. The molecule has 162 valence electrons. The number of nitrogens with zero attached hydrogens (tertiary/aromatic N) is 2. The molecule has 0 bridgehead atoms. The molecule has 31 heavy (non-hydrogen) atoms. The van der Waals surface area contributed by atoms with Gasteiger partial charge in [-0.05, 0) is 23.3 Å². The molecular formula is C23H25N3O5. The van der Waals surface area contributed by atoms with Gasteiger partial charge in [-0.15, -0.1) is 0 Å². The van der Waals surface area contributed by atoms with Crippen LogP contribution < -0.4 is 14.8 Å². The number of nitrogens with one attached hydrogen (secondary N) is 1. The van der Waals surface area contributed by atoms with Gasteiger partial charge >= 0.3 is 0 Å². The Kier molecular flexibility index (Phi) is 5.48. The van der Waals surface area contributed by atoms with Gasteiger partial charge in [-0.2, -0.15) is 0 Å². The lowest BCUT2D eigenvalue weighted by atomic mass is 10.0. The van der Waals surface area contributed by atoms with Crippen LogP contribution >= 0.6 is 0 Å². The van der Waals surface area contributed by atoms with Crippen LogP contribution in [0.25, 0.3) is 0 Å². The summed E-state index contributed by atoms with van der Waals surface area (Å²) in [7, 11) is 0. The molecule has 1 N–H and O–H groups in total. The van der Waals surface area contributed by atoms with E-state index in [0.29, 0.717) is 31.9 Å². The molecule has 0 aromatic heterocycles. The second kappa shape index (κ2) is 8.56. The van der Waals surface area contributed by atoms with Gasteiger partial charge in [0.05, 0.1) is 26.2 Å². The molecule has 0 aliphatic carbocycles. The van der Waals surface area contributed by atoms with Gasteiger partial charge in [-0.1, -0.05) is 36.4 Å². The van der Waals surface area contributed by atoms with Gasteiger partial charge in [0.25, 0.3) is 0 Å². The number of hydrogen-bond acceptors (Lipinski definition) is 6.